The lowest BCUT2D eigenvalue weighted by molar-refractivity contribution is 0.0760. The van der Waals surface area contributed by atoms with E-state index in [0.29, 0.717) is 10.8 Å². The van der Waals surface area contributed by atoms with Gasteiger partial charge in [0.25, 0.3) is 5.91 Å². The van der Waals surface area contributed by atoms with Crippen LogP contribution in [0.4, 0.5) is 0 Å². The molecule has 16 heavy (non-hydrogen) atoms. The van der Waals surface area contributed by atoms with Crippen molar-refractivity contribution in [2.24, 2.45) is 0 Å². The molecule has 0 bridgehead atoms. The molecule has 2 heterocycles. The van der Waals surface area contributed by atoms with Gasteiger partial charge >= 0.3 is 0 Å². The Morgan fingerprint density at radius 3 is 3.19 bits per heavy atom. The lowest BCUT2D eigenvalue weighted by Crippen LogP contribution is -2.41. The summed E-state index contributed by atoms with van der Waals surface area (Å²) in [6.07, 6.45) is 2.75. The van der Waals surface area contributed by atoms with Crippen LogP contribution in [0.5, 0.6) is 0 Å². The minimum absolute atomic E-state index is 0.116. The summed E-state index contributed by atoms with van der Waals surface area (Å²) in [6.45, 7) is 5.78. The third-order valence-corrected chi connectivity index (χ3v) is 4.31. The van der Waals surface area contributed by atoms with Crippen molar-refractivity contribution in [1.29, 1.82) is 0 Å². The van der Waals surface area contributed by atoms with Crippen LogP contribution in [0, 0.1) is 6.92 Å². The Labute approximate surface area is 99.8 Å². The fourth-order valence-electron chi connectivity index (χ4n) is 1.89. The standard InChI is InChI=1S/C11H17N3OS/c1-3-9-7-14(4-5-16-9)11(15)10-6-12-13-8(10)2/h6,9H,3-5,7H2,1-2H3,(H,12,13). The lowest BCUT2D eigenvalue weighted by Gasteiger charge is -2.31. The molecule has 2 rings (SSSR count). The van der Waals surface area contributed by atoms with E-state index in [1.54, 1.807) is 6.20 Å². The molecule has 4 nitrogen and oxygen atoms in total. The summed E-state index contributed by atoms with van der Waals surface area (Å²) in [7, 11) is 0. The predicted molar refractivity (Wildman–Crippen MR) is 65.8 cm³/mol. The van der Waals surface area contributed by atoms with Crippen LogP contribution in [-0.2, 0) is 0 Å². The maximum Gasteiger partial charge on any atom is 0.257 e. The molecule has 0 aliphatic carbocycles. The van der Waals surface area contributed by atoms with Gasteiger partial charge in [-0.2, -0.15) is 16.9 Å². The maximum atomic E-state index is 12.2. The zero-order valence-electron chi connectivity index (χ0n) is 9.69. The molecule has 1 unspecified atom stereocenters. The first-order valence-electron chi connectivity index (χ1n) is 5.63. The van der Waals surface area contributed by atoms with Crippen LogP contribution in [0.3, 0.4) is 0 Å². The van der Waals surface area contributed by atoms with Gasteiger partial charge in [0.1, 0.15) is 0 Å². The number of carbonyl (C=O) groups is 1. The van der Waals surface area contributed by atoms with Crippen LogP contribution in [0.25, 0.3) is 0 Å². The van der Waals surface area contributed by atoms with Gasteiger partial charge < -0.3 is 4.90 Å². The number of amides is 1. The van der Waals surface area contributed by atoms with E-state index in [2.05, 4.69) is 17.1 Å². The Hall–Kier alpha value is -0.970. The van der Waals surface area contributed by atoms with Crippen LogP contribution < -0.4 is 0 Å². The largest absolute Gasteiger partial charge is 0.337 e. The Balaban J connectivity index is 2.07. The highest BCUT2D eigenvalue weighted by Gasteiger charge is 2.25. The summed E-state index contributed by atoms with van der Waals surface area (Å²) in [6, 6.07) is 0. The predicted octanol–water partition coefficient (Wildman–Crippen LogP) is 1.69. The molecule has 1 aliphatic heterocycles. The van der Waals surface area contributed by atoms with Crippen LogP contribution in [0.15, 0.2) is 6.20 Å². The summed E-state index contributed by atoms with van der Waals surface area (Å²) in [5, 5.41) is 7.30. The van der Waals surface area contributed by atoms with Gasteiger partial charge in [-0.05, 0) is 13.3 Å². The van der Waals surface area contributed by atoms with Gasteiger partial charge in [-0.1, -0.05) is 6.92 Å². The average Bonchev–Trinajstić information content (AvgIpc) is 2.74. The van der Waals surface area contributed by atoms with Gasteiger partial charge in [0.15, 0.2) is 0 Å². The monoisotopic (exact) mass is 239 g/mol. The van der Waals surface area contributed by atoms with Gasteiger partial charge in [0, 0.05) is 29.8 Å². The molecular formula is C11H17N3OS. The second-order valence-electron chi connectivity index (χ2n) is 4.06. The fourth-order valence-corrected chi connectivity index (χ4v) is 3.07. The number of carbonyl (C=O) groups excluding carboxylic acids is 1. The smallest absolute Gasteiger partial charge is 0.257 e. The van der Waals surface area contributed by atoms with E-state index >= 15 is 0 Å². The zero-order valence-corrected chi connectivity index (χ0v) is 10.5. The molecule has 0 radical (unpaired) electrons. The third kappa shape index (κ3) is 2.24. The van der Waals surface area contributed by atoms with E-state index in [0.717, 1.165) is 31.0 Å². The van der Waals surface area contributed by atoms with Crippen molar-refractivity contribution in [3.8, 4) is 0 Å². The van der Waals surface area contributed by atoms with Crippen molar-refractivity contribution in [2.45, 2.75) is 25.5 Å². The lowest BCUT2D eigenvalue weighted by atomic mass is 10.2. The molecule has 0 saturated carbocycles. The SMILES string of the molecule is CCC1CN(C(=O)c2cn[nH]c2C)CCS1. The first-order valence-corrected chi connectivity index (χ1v) is 6.68. The van der Waals surface area contributed by atoms with E-state index < -0.39 is 0 Å². The minimum Gasteiger partial charge on any atom is -0.337 e. The van der Waals surface area contributed by atoms with Crippen LogP contribution >= 0.6 is 11.8 Å². The van der Waals surface area contributed by atoms with Crippen LogP contribution in [-0.4, -0.2) is 45.1 Å². The number of nitrogens with zero attached hydrogens (tertiary/aromatic N) is 2. The molecule has 1 aromatic rings. The molecule has 1 N–H and O–H groups in total. The molecular weight excluding hydrogens is 222 g/mol. The second kappa shape index (κ2) is 4.91. The highest BCUT2D eigenvalue weighted by Crippen LogP contribution is 2.22. The number of rotatable bonds is 2. The van der Waals surface area contributed by atoms with Gasteiger partial charge in [0.2, 0.25) is 0 Å². The Kier molecular flexibility index (Phi) is 3.53. The highest BCUT2D eigenvalue weighted by atomic mass is 32.2. The summed E-state index contributed by atoms with van der Waals surface area (Å²) in [5.74, 6) is 1.16. The summed E-state index contributed by atoms with van der Waals surface area (Å²) in [4.78, 5) is 14.1. The number of aromatic amines is 1. The van der Waals surface area contributed by atoms with Crippen molar-refractivity contribution < 1.29 is 4.79 Å². The van der Waals surface area contributed by atoms with E-state index in [4.69, 9.17) is 0 Å². The van der Waals surface area contributed by atoms with Crippen molar-refractivity contribution in [3.05, 3.63) is 17.5 Å². The zero-order chi connectivity index (χ0) is 11.5. The van der Waals surface area contributed by atoms with Gasteiger partial charge in [-0.25, -0.2) is 0 Å². The number of H-pyrrole nitrogens is 1. The van der Waals surface area contributed by atoms with Crippen LogP contribution in [0.1, 0.15) is 29.4 Å². The topological polar surface area (TPSA) is 49.0 Å². The van der Waals surface area contributed by atoms with Crippen molar-refractivity contribution in [2.75, 3.05) is 18.8 Å². The normalized spacial score (nSPS) is 21.1. The average molecular weight is 239 g/mol. The molecule has 1 saturated heterocycles. The summed E-state index contributed by atoms with van der Waals surface area (Å²) in [5.41, 5.74) is 1.57. The Bertz CT molecular complexity index is 377. The van der Waals surface area contributed by atoms with Gasteiger partial charge in [-0.3, -0.25) is 9.89 Å². The van der Waals surface area contributed by atoms with Crippen molar-refractivity contribution >= 4 is 17.7 Å². The minimum atomic E-state index is 0.116. The number of hydrogen-bond acceptors (Lipinski definition) is 3. The first-order chi connectivity index (χ1) is 7.72. The number of aryl methyl sites for hydroxylation is 1. The molecule has 1 aliphatic rings. The highest BCUT2D eigenvalue weighted by molar-refractivity contribution is 8.00. The molecule has 0 aromatic carbocycles. The van der Waals surface area contributed by atoms with E-state index in [-0.39, 0.29) is 5.91 Å². The maximum absolute atomic E-state index is 12.2. The number of aromatic nitrogens is 2. The second-order valence-corrected chi connectivity index (χ2v) is 5.47. The number of nitrogens with one attached hydrogen (secondary N) is 1. The number of hydrogen-bond donors (Lipinski definition) is 1. The van der Waals surface area contributed by atoms with Gasteiger partial charge in [0.05, 0.1) is 11.8 Å². The van der Waals surface area contributed by atoms with Gasteiger partial charge in [-0.15, -0.1) is 0 Å². The molecule has 0 spiro atoms. The number of thioether (sulfide) groups is 1. The molecule has 1 fully saturated rings. The third-order valence-electron chi connectivity index (χ3n) is 2.94. The Morgan fingerprint density at radius 2 is 2.56 bits per heavy atom. The molecule has 1 aromatic heterocycles. The van der Waals surface area contributed by atoms with E-state index in [1.165, 1.54) is 0 Å². The molecule has 88 valence electrons. The Morgan fingerprint density at radius 1 is 1.75 bits per heavy atom. The fraction of sp³-hybridized carbons (Fsp3) is 0.636. The van der Waals surface area contributed by atoms with Crippen LogP contribution in [0.2, 0.25) is 0 Å². The van der Waals surface area contributed by atoms with Crippen molar-refractivity contribution in [3.63, 3.8) is 0 Å². The van der Waals surface area contributed by atoms with Crippen molar-refractivity contribution in [1.82, 2.24) is 15.1 Å². The molecule has 5 heteroatoms. The van der Waals surface area contributed by atoms with E-state index in [9.17, 15) is 4.79 Å². The summed E-state index contributed by atoms with van der Waals surface area (Å²) >= 11 is 1.97. The van der Waals surface area contributed by atoms with E-state index in [1.807, 2.05) is 23.6 Å². The molecule has 1 atom stereocenters. The first kappa shape index (κ1) is 11.5. The quantitative estimate of drug-likeness (QED) is 0.854. The molecule has 1 amide bonds. The summed E-state index contributed by atoms with van der Waals surface area (Å²) < 4.78 is 0.